The van der Waals surface area contributed by atoms with Gasteiger partial charge in [-0.05, 0) is 34.7 Å². The summed E-state index contributed by atoms with van der Waals surface area (Å²) in [6.45, 7) is 13.9. The van der Waals surface area contributed by atoms with Gasteiger partial charge in [-0.2, -0.15) is 0 Å². The van der Waals surface area contributed by atoms with Gasteiger partial charge in [-0.15, -0.1) is 5.54 Å². The van der Waals surface area contributed by atoms with Gasteiger partial charge in [0.1, 0.15) is 8.07 Å². The monoisotopic (exact) mass is 312 g/mol. The normalized spacial score (nSPS) is 19.2. The number of hydrogen-bond acceptors (Lipinski definition) is 1. The molecule has 0 aliphatic heterocycles. The van der Waals surface area contributed by atoms with Crippen LogP contribution in [0.5, 0.6) is 0 Å². The Morgan fingerprint density at radius 2 is 1.35 bits per heavy atom. The Balaban J connectivity index is 2.95. The van der Waals surface area contributed by atoms with Crippen LogP contribution in [0, 0.1) is 10.8 Å². The summed E-state index contributed by atoms with van der Waals surface area (Å²) in [6, 6.07) is 0. The van der Waals surface area contributed by atoms with Crippen molar-refractivity contribution < 1.29 is 4.21 Å². The highest BCUT2D eigenvalue weighted by molar-refractivity contribution is 7.90. The van der Waals surface area contributed by atoms with Crippen molar-refractivity contribution in [1.29, 1.82) is 0 Å². The van der Waals surface area contributed by atoms with E-state index in [9.17, 15) is 4.21 Å². The Kier molecular flexibility index (Phi) is 7.01. The van der Waals surface area contributed by atoms with Crippen LogP contribution >= 0.6 is 0 Å². The molecule has 1 fully saturated rings. The fourth-order valence-electron chi connectivity index (χ4n) is 3.93. The lowest BCUT2D eigenvalue weighted by Crippen LogP contribution is -2.43. The maximum absolute atomic E-state index is 12.5. The first-order chi connectivity index (χ1) is 9.32. The molecule has 20 heavy (non-hydrogen) atoms. The Morgan fingerprint density at radius 1 is 0.900 bits per heavy atom. The van der Waals surface area contributed by atoms with E-state index in [1.807, 2.05) is 0 Å². The number of rotatable bonds is 4. The van der Waals surface area contributed by atoms with Gasteiger partial charge in [0.2, 0.25) is 0 Å². The zero-order valence-corrected chi connectivity index (χ0v) is 16.0. The molecule has 0 aromatic carbocycles. The molecule has 0 aromatic rings. The van der Waals surface area contributed by atoms with Crippen LogP contribution in [0.25, 0.3) is 0 Å². The lowest BCUT2D eigenvalue weighted by Gasteiger charge is -2.38. The van der Waals surface area contributed by atoms with E-state index < -0.39 is 18.9 Å². The van der Waals surface area contributed by atoms with Crippen LogP contribution < -0.4 is 0 Å². The van der Waals surface area contributed by atoms with Crippen molar-refractivity contribution in [3.05, 3.63) is 0 Å². The molecule has 0 spiro atoms. The van der Waals surface area contributed by atoms with Crippen LogP contribution in [-0.4, -0.2) is 17.5 Å². The lowest BCUT2D eigenvalue weighted by molar-refractivity contribution is 0.507. The molecular weight excluding hydrogens is 280 g/mol. The first-order valence-corrected chi connectivity index (χ1v) is 11.7. The molecule has 0 N–H and O–H groups in total. The maximum atomic E-state index is 12.5. The van der Waals surface area contributed by atoms with Crippen LogP contribution in [0.15, 0.2) is 0 Å². The van der Waals surface area contributed by atoms with Crippen LogP contribution in [0.1, 0.15) is 73.6 Å². The Bertz CT molecular complexity index is 362. The summed E-state index contributed by atoms with van der Waals surface area (Å²) in [7, 11) is -2.64. The van der Waals surface area contributed by atoms with Crippen LogP contribution in [-0.2, 0) is 10.8 Å². The molecule has 0 heterocycles. The molecule has 0 radical (unpaired) electrons. The van der Waals surface area contributed by atoms with Gasteiger partial charge in [0.15, 0.2) is 0 Å². The average molecular weight is 313 g/mol. The molecule has 1 aliphatic rings. The van der Waals surface area contributed by atoms with Crippen molar-refractivity contribution in [3.8, 4) is 10.8 Å². The van der Waals surface area contributed by atoms with Crippen molar-refractivity contribution in [3.63, 3.8) is 0 Å². The molecule has 1 nitrogen and oxygen atoms in total. The van der Waals surface area contributed by atoms with E-state index in [1.54, 1.807) is 0 Å². The van der Waals surface area contributed by atoms with E-state index in [-0.39, 0.29) is 0 Å². The third-order valence-corrected chi connectivity index (χ3v) is 12.9. The van der Waals surface area contributed by atoms with Gasteiger partial charge in [-0.1, -0.05) is 60.8 Å². The largest absolute Gasteiger partial charge is 0.246 e. The minimum atomic E-state index is -1.71. The van der Waals surface area contributed by atoms with E-state index in [4.69, 9.17) is 0 Å². The molecule has 116 valence electrons. The molecule has 1 aliphatic carbocycles. The van der Waals surface area contributed by atoms with Crippen LogP contribution in [0.2, 0.25) is 16.6 Å². The van der Waals surface area contributed by atoms with E-state index in [0.717, 1.165) is 12.8 Å². The zero-order valence-electron chi connectivity index (χ0n) is 14.2. The second-order valence-electron chi connectivity index (χ2n) is 7.18. The fraction of sp³-hybridized carbons (Fsp3) is 0.882. The summed E-state index contributed by atoms with van der Waals surface area (Å²) >= 11 is 0. The summed E-state index contributed by atoms with van der Waals surface area (Å²) in [4.78, 5) is 0. The highest BCUT2D eigenvalue weighted by Crippen LogP contribution is 2.40. The molecule has 0 amide bonds. The second-order valence-corrected chi connectivity index (χ2v) is 14.2. The van der Waals surface area contributed by atoms with Crippen molar-refractivity contribution in [2.24, 2.45) is 0 Å². The highest BCUT2D eigenvalue weighted by atomic mass is 32.2. The maximum Gasteiger partial charge on any atom is 0.147 e. The van der Waals surface area contributed by atoms with Gasteiger partial charge in [0.25, 0.3) is 0 Å². The van der Waals surface area contributed by atoms with Gasteiger partial charge in [-0.3, -0.25) is 0 Å². The Morgan fingerprint density at radius 3 is 1.75 bits per heavy atom. The summed E-state index contributed by atoms with van der Waals surface area (Å²) in [5.41, 5.74) is 5.49. The highest BCUT2D eigenvalue weighted by Gasteiger charge is 2.42. The second kappa shape index (κ2) is 7.80. The SMILES string of the molecule is CC(C)[Si](C#CS(=O)C1CCCCC1)(C(C)C)C(C)C. The minimum absolute atomic E-state index is 0.342. The molecule has 1 rings (SSSR count). The molecule has 1 saturated carbocycles. The molecule has 3 heteroatoms. The standard InChI is InChI=1S/C17H32OSSi/c1-14(2)20(15(3)4,16(5)6)13-12-19(18)17-10-8-7-9-11-17/h14-17H,7-11H2,1-6H3. The molecule has 0 bridgehead atoms. The first kappa shape index (κ1) is 18.0. The smallest absolute Gasteiger partial charge is 0.147 e. The van der Waals surface area contributed by atoms with Gasteiger partial charge >= 0.3 is 0 Å². The lowest BCUT2D eigenvalue weighted by atomic mass is 10.0. The van der Waals surface area contributed by atoms with Crippen molar-refractivity contribution in [2.45, 2.75) is 95.5 Å². The van der Waals surface area contributed by atoms with Crippen LogP contribution in [0.3, 0.4) is 0 Å². The average Bonchev–Trinajstić information content (AvgIpc) is 2.38. The Hall–Kier alpha value is -0.0731. The first-order valence-electron chi connectivity index (χ1n) is 8.25. The predicted octanol–water partition coefficient (Wildman–Crippen LogP) is 5.25. The van der Waals surface area contributed by atoms with E-state index in [0.29, 0.717) is 21.9 Å². The molecule has 0 saturated heterocycles. The quantitative estimate of drug-likeness (QED) is 0.512. The number of hydrogen-bond donors (Lipinski definition) is 0. The summed E-state index contributed by atoms with van der Waals surface area (Å²) < 4.78 is 12.5. The topological polar surface area (TPSA) is 17.1 Å². The molecule has 1 unspecified atom stereocenters. The van der Waals surface area contributed by atoms with Crippen molar-refractivity contribution in [2.75, 3.05) is 0 Å². The molecule has 1 atom stereocenters. The zero-order chi connectivity index (χ0) is 15.3. The van der Waals surface area contributed by atoms with Gasteiger partial charge in [-0.25, -0.2) is 4.21 Å². The van der Waals surface area contributed by atoms with Crippen LogP contribution in [0.4, 0.5) is 0 Å². The van der Waals surface area contributed by atoms with E-state index in [2.05, 4.69) is 52.3 Å². The minimum Gasteiger partial charge on any atom is -0.246 e. The third-order valence-electron chi connectivity index (χ3n) is 5.09. The predicted molar refractivity (Wildman–Crippen MR) is 93.8 cm³/mol. The molecular formula is C17H32OSSi. The summed E-state index contributed by atoms with van der Waals surface area (Å²) in [6.07, 6.45) is 6.00. The third kappa shape index (κ3) is 3.98. The summed E-state index contributed by atoms with van der Waals surface area (Å²) in [5.74, 6) is 0. The van der Waals surface area contributed by atoms with Crippen molar-refractivity contribution >= 4 is 18.9 Å². The Labute approximate surface area is 129 Å². The summed E-state index contributed by atoms with van der Waals surface area (Å²) in [5, 5.41) is 3.56. The van der Waals surface area contributed by atoms with E-state index in [1.165, 1.54) is 19.3 Å². The fourth-order valence-corrected chi connectivity index (χ4v) is 10.8. The van der Waals surface area contributed by atoms with Gasteiger partial charge < -0.3 is 0 Å². The van der Waals surface area contributed by atoms with Crippen molar-refractivity contribution in [1.82, 2.24) is 0 Å². The van der Waals surface area contributed by atoms with E-state index >= 15 is 0 Å². The van der Waals surface area contributed by atoms with Gasteiger partial charge in [0, 0.05) is 5.25 Å². The van der Waals surface area contributed by atoms with Gasteiger partial charge in [0.05, 0.1) is 10.8 Å². The molecule has 0 aromatic heterocycles.